The van der Waals surface area contributed by atoms with E-state index in [1.54, 1.807) is 18.2 Å². The van der Waals surface area contributed by atoms with Crippen LogP contribution in [-0.2, 0) is 4.79 Å². The molecule has 5 nitrogen and oxygen atoms in total. The van der Waals surface area contributed by atoms with Crippen LogP contribution in [0.3, 0.4) is 0 Å². The summed E-state index contributed by atoms with van der Waals surface area (Å²) in [6.45, 7) is 0. The van der Waals surface area contributed by atoms with E-state index in [1.165, 1.54) is 7.11 Å². The van der Waals surface area contributed by atoms with Crippen molar-refractivity contribution in [1.82, 2.24) is 0 Å². The molecule has 0 aliphatic heterocycles. The molecule has 0 saturated heterocycles. The van der Waals surface area contributed by atoms with Gasteiger partial charge < -0.3 is 10.1 Å². The van der Waals surface area contributed by atoms with Crippen molar-refractivity contribution >= 4 is 11.6 Å². The smallest absolute Gasteiger partial charge is 0.244 e. The van der Waals surface area contributed by atoms with E-state index in [-0.39, 0.29) is 5.91 Å². The maximum Gasteiger partial charge on any atom is 0.244 e. The minimum Gasteiger partial charge on any atom is -0.495 e. The first-order chi connectivity index (χ1) is 8.65. The lowest BCUT2D eigenvalue weighted by molar-refractivity contribution is -0.119. The molecule has 1 saturated carbocycles. The summed E-state index contributed by atoms with van der Waals surface area (Å²) in [4.78, 5) is 11.9. The van der Waals surface area contributed by atoms with Crippen LogP contribution in [0.25, 0.3) is 0 Å². The molecule has 0 heterocycles. The average Bonchev–Trinajstić information content (AvgIpc) is 3.20. The molecule has 0 unspecified atom stereocenters. The minimum absolute atomic E-state index is 0.312. The highest BCUT2D eigenvalue weighted by Crippen LogP contribution is 2.46. The van der Waals surface area contributed by atoms with Crippen molar-refractivity contribution in [3.05, 3.63) is 23.8 Å². The Labute approximate surface area is 105 Å². The second-order valence-electron chi connectivity index (χ2n) is 4.17. The summed E-state index contributed by atoms with van der Waals surface area (Å²) in [5.41, 5.74) is 0.0492. The molecule has 2 rings (SSSR count). The molecular formula is C13H11N3O2. The second kappa shape index (κ2) is 4.38. The van der Waals surface area contributed by atoms with Crippen LogP contribution < -0.4 is 10.1 Å². The number of carbonyl (C=O) groups excluding carboxylic acids is 1. The first kappa shape index (κ1) is 11.9. The highest BCUT2D eigenvalue weighted by molar-refractivity contribution is 6.00. The molecule has 1 amide bonds. The zero-order valence-electron chi connectivity index (χ0n) is 9.86. The van der Waals surface area contributed by atoms with Crippen LogP contribution in [0.4, 0.5) is 5.69 Å². The number of hydrogen-bond donors (Lipinski definition) is 1. The molecule has 1 aromatic carbocycles. The lowest BCUT2D eigenvalue weighted by Gasteiger charge is -2.12. The van der Waals surface area contributed by atoms with E-state index >= 15 is 0 Å². The Morgan fingerprint density at radius 2 is 2.17 bits per heavy atom. The first-order valence-corrected chi connectivity index (χ1v) is 5.46. The molecule has 1 N–H and O–H groups in total. The van der Waals surface area contributed by atoms with Crippen LogP contribution >= 0.6 is 0 Å². The van der Waals surface area contributed by atoms with Gasteiger partial charge in [-0.05, 0) is 25.0 Å². The molecule has 5 heteroatoms. The van der Waals surface area contributed by atoms with Crippen LogP contribution in [0.15, 0.2) is 18.2 Å². The number of amides is 1. The maximum atomic E-state index is 11.9. The van der Waals surface area contributed by atoms with Crippen molar-refractivity contribution in [2.24, 2.45) is 5.41 Å². The summed E-state index contributed by atoms with van der Waals surface area (Å²) >= 11 is 0. The van der Waals surface area contributed by atoms with E-state index in [0.29, 0.717) is 29.8 Å². The summed E-state index contributed by atoms with van der Waals surface area (Å²) in [7, 11) is 1.46. The monoisotopic (exact) mass is 241 g/mol. The van der Waals surface area contributed by atoms with Crippen LogP contribution in [0, 0.1) is 28.1 Å². The first-order valence-electron chi connectivity index (χ1n) is 5.46. The van der Waals surface area contributed by atoms with Gasteiger partial charge in [0.15, 0.2) is 0 Å². The van der Waals surface area contributed by atoms with Gasteiger partial charge in [0.2, 0.25) is 5.91 Å². The van der Waals surface area contributed by atoms with Crippen molar-refractivity contribution in [2.75, 3.05) is 12.4 Å². The van der Waals surface area contributed by atoms with Gasteiger partial charge in [-0.25, -0.2) is 0 Å². The number of hydrogen-bond acceptors (Lipinski definition) is 4. The lowest BCUT2D eigenvalue weighted by Crippen LogP contribution is -2.23. The Morgan fingerprint density at radius 1 is 1.44 bits per heavy atom. The highest BCUT2D eigenvalue weighted by Gasteiger charge is 2.50. The summed E-state index contributed by atoms with van der Waals surface area (Å²) in [5, 5.41) is 20.4. The Balaban J connectivity index is 2.23. The predicted octanol–water partition coefficient (Wildman–Crippen LogP) is 1.81. The number of nitrogens with zero attached hydrogens (tertiary/aromatic N) is 2. The standard InChI is InChI=1S/C13H11N3O2/c1-18-11-6-9(7-14)2-3-10(11)16-12(17)13(8-15)4-5-13/h2-3,6H,4-5H2,1H3,(H,16,17). The van der Waals surface area contributed by atoms with E-state index in [2.05, 4.69) is 5.32 Å². The molecular weight excluding hydrogens is 230 g/mol. The quantitative estimate of drug-likeness (QED) is 0.874. The number of nitrogens with one attached hydrogen (secondary N) is 1. The number of rotatable bonds is 3. The topological polar surface area (TPSA) is 85.9 Å². The number of benzene rings is 1. The van der Waals surface area contributed by atoms with Gasteiger partial charge in [-0.1, -0.05) is 0 Å². The van der Waals surface area contributed by atoms with E-state index < -0.39 is 5.41 Å². The summed E-state index contributed by atoms with van der Waals surface area (Å²) in [6.07, 6.45) is 1.18. The van der Waals surface area contributed by atoms with Crippen LogP contribution in [0.5, 0.6) is 5.75 Å². The predicted molar refractivity (Wildman–Crippen MR) is 63.6 cm³/mol. The van der Waals surface area contributed by atoms with Gasteiger partial charge in [-0.2, -0.15) is 10.5 Å². The molecule has 0 radical (unpaired) electrons. The SMILES string of the molecule is COc1cc(C#N)ccc1NC(=O)C1(C#N)CC1. The number of anilines is 1. The van der Waals surface area contributed by atoms with Crippen molar-refractivity contribution in [3.8, 4) is 17.9 Å². The van der Waals surface area contributed by atoms with Gasteiger partial charge in [0.25, 0.3) is 0 Å². The fraction of sp³-hybridized carbons (Fsp3) is 0.308. The maximum absolute atomic E-state index is 11.9. The average molecular weight is 241 g/mol. The van der Waals surface area contributed by atoms with Gasteiger partial charge >= 0.3 is 0 Å². The van der Waals surface area contributed by atoms with E-state index in [1.807, 2.05) is 12.1 Å². The molecule has 0 spiro atoms. The molecule has 90 valence electrons. The molecule has 1 aromatic rings. The zero-order valence-corrected chi connectivity index (χ0v) is 9.86. The molecule has 0 bridgehead atoms. The number of carbonyl (C=O) groups is 1. The van der Waals surface area contributed by atoms with Gasteiger partial charge in [-0.3, -0.25) is 4.79 Å². The fourth-order valence-electron chi connectivity index (χ4n) is 1.62. The Bertz CT molecular complexity index is 577. The van der Waals surface area contributed by atoms with Crippen LogP contribution in [0.1, 0.15) is 18.4 Å². The number of methoxy groups -OCH3 is 1. The van der Waals surface area contributed by atoms with Gasteiger partial charge in [0.1, 0.15) is 11.2 Å². The molecule has 0 atom stereocenters. The third kappa shape index (κ3) is 1.99. The molecule has 1 aliphatic rings. The number of ether oxygens (including phenoxy) is 1. The lowest BCUT2D eigenvalue weighted by atomic mass is 10.1. The largest absolute Gasteiger partial charge is 0.495 e. The third-order valence-corrected chi connectivity index (χ3v) is 2.98. The summed E-state index contributed by atoms with van der Waals surface area (Å²) < 4.78 is 5.11. The van der Waals surface area contributed by atoms with Crippen molar-refractivity contribution in [2.45, 2.75) is 12.8 Å². The second-order valence-corrected chi connectivity index (χ2v) is 4.17. The van der Waals surface area contributed by atoms with Crippen LogP contribution in [0.2, 0.25) is 0 Å². The van der Waals surface area contributed by atoms with Crippen molar-refractivity contribution in [3.63, 3.8) is 0 Å². The molecule has 18 heavy (non-hydrogen) atoms. The van der Waals surface area contributed by atoms with Gasteiger partial charge in [0, 0.05) is 6.07 Å². The molecule has 0 aromatic heterocycles. The van der Waals surface area contributed by atoms with Gasteiger partial charge in [-0.15, -0.1) is 0 Å². The third-order valence-electron chi connectivity index (χ3n) is 2.98. The normalized spacial score (nSPS) is 15.1. The summed E-state index contributed by atoms with van der Waals surface area (Å²) in [5.74, 6) is 0.101. The van der Waals surface area contributed by atoms with E-state index in [9.17, 15) is 4.79 Å². The van der Waals surface area contributed by atoms with E-state index in [4.69, 9.17) is 15.3 Å². The Kier molecular flexibility index (Phi) is 2.91. The summed E-state index contributed by atoms with van der Waals surface area (Å²) in [6, 6.07) is 8.75. The highest BCUT2D eigenvalue weighted by atomic mass is 16.5. The zero-order chi connectivity index (χ0) is 13.2. The van der Waals surface area contributed by atoms with Crippen molar-refractivity contribution in [1.29, 1.82) is 10.5 Å². The van der Waals surface area contributed by atoms with Crippen LogP contribution in [-0.4, -0.2) is 13.0 Å². The number of nitriles is 2. The molecule has 1 aliphatic carbocycles. The van der Waals surface area contributed by atoms with Crippen molar-refractivity contribution < 1.29 is 9.53 Å². The van der Waals surface area contributed by atoms with Gasteiger partial charge in [0.05, 0.1) is 30.5 Å². The minimum atomic E-state index is -0.876. The van der Waals surface area contributed by atoms with E-state index in [0.717, 1.165) is 0 Å². The fourth-order valence-corrected chi connectivity index (χ4v) is 1.62. The molecule has 1 fully saturated rings. The Hall–Kier alpha value is -2.53. The Morgan fingerprint density at radius 3 is 2.67 bits per heavy atom.